The Balaban J connectivity index is 1.65. The third-order valence-corrected chi connectivity index (χ3v) is 6.98. The van der Waals surface area contributed by atoms with Crippen molar-refractivity contribution in [3.05, 3.63) is 29.3 Å². The predicted octanol–water partition coefficient (Wildman–Crippen LogP) is 3.66. The number of benzene rings is 1. The van der Waals surface area contributed by atoms with Crippen LogP contribution in [0.4, 0.5) is 0 Å². The van der Waals surface area contributed by atoms with Crippen LogP contribution in [-0.2, 0) is 20.7 Å². The Hall–Kier alpha value is -1.84. The maximum absolute atomic E-state index is 12.2. The molecule has 4 nitrogen and oxygen atoms in total. The molecule has 0 aromatic heterocycles. The summed E-state index contributed by atoms with van der Waals surface area (Å²) in [5, 5.41) is 0. The first-order valence-corrected chi connectivity index (χ1v) is 9.39. The number of ether oxygens (including phenoxy) is 2. The summed E-state index contributed by atoms with van der Waals surface area (Å²) in [6, 6.07) is 6.44. The molecule has 0 bridgehead atoms. The van der Waals surface area contributed by atoms with Gasteiger partial charge in [0.1, 0.15) is 18.1 Å². The maximum Gasteiger partial charge on any atom is 0.302 e. The second kappa shape index (κ2) is 6.15. The van der Waals surface area contributed by atoms with Crippen molar-refractivity contribution in [2.75, 3.05) is 7.11 Å². The molecule has 0 amide bonds. The summed E-state index contributed by atoms with van der Waals surface area (Å²) in [7, 11) is 1.71. The number of aryl methyl sites for hydroxylation is 1. The van der Waals surface area contributed by atoms with Crippen molar-refractivity contribution in [1.29, 1.82) is 0 Å². The first-order chi connectivity index (χ1) is 12.1. The Morgan fingerprint density at radius 3 is 2.80 bits per heavy atom. The van der Waals surface area contributed by atoms with E-state index in [1.54, 1.807) is 7.11 Å². The molecule has 5 atom stereocenters. The summed E-state index contributed by atoms with van der Waals surface area (Å²) in [4.78, 5) is 23.6. The zero-order valence-electron chi connectivity index (χ0n) is 15.0. The highest BCUT2D eigenvalue weighted by Gasteiger charge is 2.58. The van der Waals surface area contributed by atoms with E-state index in [-0.39, 0.29) is 12.1 Å². The summed E-state index contributed by atoms with van der Waals surface area (Å²) in [6.07, 6.45) is 6.67. The highest BCUT2D eigenvalue weighted by Crippen LogP contribution is 2.61. The molecule has 0 unspecified atom stereocenters. The maximum atomic E-state index is 12.2. The minimum absolute atomic E-state index is 0.231. The van der Waals surface area contributed by atoms with Crippen LogP contribution in [0, 0.1) is 17.3 Å². The third-order valence-electron chi connectivity index (χ3n) is 6.98. The van der Waals surface area contributed by atoms with Crippen LogP contribution >= 0.6 is 0 Å². The van der Waals surface area contributed by atoms with Crippen molar-refractivity contribution in [1.82, 2.24) is 0 Å². The summed E-state index contributed by atoms with van der Waals surface area (Å²) in [5.74, 6) is 2.02. The highest BCUT2D eigenvalue weighted by molar-refractivity contribution is 5.68. The smallest absolute Gasteiger partial charge is 0.302 e. The highest BCUT2D eigenvalue weighted by atomic mass is 16.5. The van der Waals surface area contributed by atoms with Gasteiger partial charge in [0.2, 0.25) is 0 Å². The predicted molar refractivity (Wildman–Crippen MR) is 93.6 cm³/mol. The van der Waals surface area contributed by atoms with Crippen molar-refractivity contribution >= 4 is 12.3 Å². The van der Waals surface area contributed by atoms with Gasteiger partial charge in [0.15, 0.2) is 0 Å². The average Bonchev–Trinajstić information content (AvgIpc) is 2.99. The molecule has 4 heteroatoms. The number of fused-ring (bicyclic) bond motifs is 5. The van der Waals surface area contributed by atoms with Crippen LogP contribution in [0.3, 0.4) is 0 Å². The minimum atomic E-state index is -0.461. The summed E-state index contributed by atoms with van der Waals surface area (Å²) in [5.41, 5.74) is 2.37. The molecule has 0 heterocycles. The average molecular weight is 342 g/mol. The lowest BCUT2D eigenvalue weighted by molar-refractivity contribution is -0.157. The van der Waals surface area contributed by atoms with E-state index < -0.39 is 5.41 Å². The molecule has 134 valence electrons. The number of hydrogen-bond acceptors (Lipinski definition) is 4. The fourth-order valence-corrected chi connectivity index (χ4v) is 5.96. The van der Waals surface area contributed by atoms with Crippen LogP contribution in [0.5, 0.6) is 5.75 Å². The molecular weight excluding hydrogens is 316 g/mol. The topological polar surface area (TPSA) is 52.6 Å². The van der Waals surface area contributed by atoms with Gasteiger partial charge >= 0.3 is 5.97 Å². The van der Waals surface area contributed by atoms with Gasteiger partial charge in [-0.05, 0) is 79.5 Å². The van der Waals surface area contributed by atoms with E-state index >= 15 is 0 Å². The molecule has 0 radical (unpaired) electrons. The van der Waals surface area contributed by atoms with Crippen LogP contribution in [0.25, 0.3) is 0 Å². The Labute approximate surface area is 148 Å². The van der Waals surface area contributed by atoms with Crippen molar-refractivity contribution in [2.24, 2.45) is 17.3 Å². The quantitative estimate of drug-likeness (QED) is 0.621. The molecule has 1 aromatic rings. The monoisotopic (exact) mass is 342 g/mol. The molecule has 25 heavy (non-hydrogen) atoms. The van der Waals surface area contributed by atoms with E-state index in [0.29, 0.717) is 17.8 Å². The van der Waals surface area contributed by atoms with Gasteiger partial charge in [0.05, 0.1) is 12.5 Å². The van der Waals surface area contributed by atoms with E-state index in [1.165, 1.54) is 18.1 Å². The van der Waals surface area contributed by atoms with Gasteiger partial charge in [-0.3, -0.25) is 4.79 Å². The van der Waals surface area contributed by atoms with E-state index in [0.717, 1.165) is 50.6 Å². The molecule has 0 spiro atoms. The number of methoxy groups -OCH3 is 1. The van der Waals surface area contributed by atoms with Crippen molar-refractivity contribution in [3.8, 4) is 5.75 Å². The van der Waals surface area contributed by atoms with Crippen LogP contribution in [-0.4, -0.2) is 25.5 Å². The molecule has 1 aromatic carbocycles. The zero-order valence-corrected chi connectivity index (χ0v) is 15.0. The van der Waals surface area contributed by atoms with Gasteiger partial charge in [-0.25, -0.2) is 0 Å². The molecule has 2 saturated carbocycles. The fourth-order valence-electron chi connectivity index (χ4n) is 5.96. The van der Waals surface area contributed by atoms with Gasteiger partial charge in [0, 0.05) is 6.92 Å². The Kier molecular flexibility index (Phi) is 4.09. The van der Waals surface area contributed by atoms with Gasteiger partial charge in [0.25, 0.3) is 0 Å². The molecule has 2 fully saturated rings. The standard InChI is InChI=1S/C21H26O4/c1-13(23)25-20-8-7-19-18-5-3-14-11-15(24-2)4-6-16(14)17(18)9-10-21(19,20)12-22/h4,6,11-12,17-20H,3,5,7-10H2,1-2H3/t17-,18-,19+,20+,21-/m1/s1. The molecule has 3 aliphatic carbocycles. The molecule has 0 aliphatic heterocycles. The minimum Gasteiger partial charge on any atom is -0.497 e. The largest absolute Gasteiger partial charge is 0.497 e. The van der Waals surface area contributed by atoms with Crippen molar-refractivity contribution < 1.29 is 19.1 Å². The summed E-state index contributed by atoms with van der Waals surface area (Å²) < 4.78 is 10.9. The number of hydrogen-bond donors (Lipinski definition) is 0. The first-order valence-electron chi connectivity index (χ1n) is 9.39. The van der Waals surface area contributed by atoms with Crippen LogP contribution < -0.4 is 4.74 Å². The molecule has 0 saturated heterocycles. The number of esters is 1. The Morgan fingerprint density at radius 2 is 2.08 bits per heavy atom. The van der Waals surface area contributed by atoms with Gasteiger partial charge in [-0.2, -0.15) is 0 Å². The zero-order chi connectivity index (χ0) is 17.6. The van der Waals surface area contributed by atoms with E-state index in [1.807, 2.05) is 0 Å². The van der Waals surface area contributed by atoms with Crippen LogP contribution in [0.1, 0.15) is 56.1 Å². The lowest BCUT2D eigenvalue weighted by Crippen LogP contribution is -2.48. The number of rotatable bonds is 3. The third kappa shape index (κ3) is 2.49. The van der Waals surface area contributed by atoms with Crippen molar-refractivity contribution in [2.45, 2.75) is 57.5 Å². The number of carbonyl (C=O) groups is 2. The molecule has 3 aliphatic rings. The second-order valence-corrected chi connectivity index (χ2v) is 7.92. The van der Waals surface area contributed by atoms with Gasteiger partial charge in [-0.15, -0.1) is 0 Å². The van der Waals surface area contributed by atoms with Gasteiger partial charge < -0.3 is 14.3 Å². The lowest BCUT2D eigenvalue weighted by atomic mass is 9.55. The summed E-state index contributed by atoms with van der Waals surface area (Å²) >= 11 is 0. The van der Waals surface area contributed by atoms with E-state index in [4.69, 9.17) is 9.47 Å². The molecular formula is C21H26O4. The SMILES string of the molecule is COc1ccc2c(c1)CC[C@@H]1[C@@H]2CC[C@]2(C=O)[C@@H](OC(C)=O)CC[C@@H]12. The van der Waals surface area contributed by atoms with E-state index in [2.05, 4.69) is 18.2 Å². The van der Waals surface area contributed by atoms with E-state index in [9.17, 15) is 9.59 Å². The second-order valence-electron chi connectivity index (χ2n) is 7.92. The number of carbonyl (C=O) groups excluding carboxylic acids is 2. The number of aldehydes is 1. The fraction of sp³-hybridized carbons (Fsp3) is 0.619. The van der Waals surface area contributed by atoms with Crippen LogP contribution in [0.15, 0.2) is 18.2 Å². The Bertz CT molecular complexity index is 697. The van der Waals surface area contributed by atoms with Crippen LogP contribution in [0.2, 0.25) is 0 Å². The van der Waals surface area contributed by atoms with Crippen molar-refractivity contribution in [3.63, 3.8) is 0 Å². The first kappa shape index (κ1) is 16.6. The Morgan fingerprint density at radius 1 is 1.24 bits per heavy atom. The molecule has 4 rings (SSSR count). The molecule has 0 N–H and O–H groups in total. The van der Waals surface area contributed by atoms with Gasteiger partial charge in [-0.1, -0.05) is 6.07 Å². The normalized spacial score (nSPS) is 35.9. The lowest BCUT2D eigenvalue weighted by Gasteiger charge is -2.49. The summed E-state index contributed by atoms with van der Waals surface area (Å²) in [6.45, 7) is 1.45.